The molecule has 0 spiro atoms. The fourth-order valence-electron chi connectivity index (χ4n) is 1.74. The summed E-state index contributed by atoms with van der Waals surface area (Å²) < 4.78 is 11.3. The first-order valence-electron chi connectivity index (χ1n) is 3.83. The number of rotatable bonds is 0. The summed E-state index contributed by atoms with van der Waals surface area (Å²) in [6, 6.07) is 0. The van der Waals surface area contributed by atoms with Crippen LogP contribution in [0.5, 0.6) is 0 Å². The molecule has 0 atom stereocenters. The molecule has 0 aromatic heterocycles. The zero-order chi connectivity index (χ0) is 7.90. The molecule has 60 valence electrons. The molecule has 1 heterocycles. The van der Waals surface area contributed by atoms with Gasteiger partial charge in [-0.1, -0.05) is 23.3 Å². The molecule has 0 saturated heterocycles. The Bertz CT molecular complexity index is 264. The monoisotopic (exact) mass is 170 g/mol. The van der Waals surface area contributed by atoms with Crippen molar-refractivity contribution < 1.29 is 9.46 Å². The van der Waals surface area contributed by atoms with E-state index in [-0.39, 0.29) is 0 Å². The van der Waals surface area contributed by atoms with Crippen LogP contribution in [-0.2, 0) is 4.57 Å². The number of hydrogen-bond acceptors (Lipinski definition) is 1. The van der Waals surface area contributed by atoms with Crippen molar-refractivity contribution in [3.8, 4) is 0 Å². The minimum atomic E-state index is -2.76. The van der Waals surface area contributed by atoms with Gasteiger partial charge in [-0.3, -0.25) is 4.57 Å². The molecule has 0 aromatic carbocycles. The van der Waals surface area contributed by atoms with Gasteiger partial charge in [-0.15, -0.1) is 0 Å². The van der Waals surface area contributed by atoms with Crippen molar-refractivity contribution in [1.29, 1.82) is 0 Å². The minimum absolute atomic E-state index is 0.451. The van der Waals surface area contributed by atoms with Crippen LogP contribution in [0, 0.1) is 0 Å². The van der Waals surface area contributed by atoms with E-state index in [0.29, 0.717) is 12.3 Å². The summed E-state index contributed by atoms with van der Waals surface area (Å²) in [5.74, 6) is 0. The van der Waals surface area contributed by atoms with E-state index in [4.69, 9.17) is 0 Å². The van der Waals surface area contributed by atoms with E-state index in [9.17, 15) is 9.46 Å². The molecular weight excluding hydrogens is 159 g/mol. The third kappa shape index (κ3) is 1.33. The molecule has 0 saturated carbocycles. The Balaban J connectivity index is 2.24. The quantitative estimate of drug-likeness (QED) is 0.445. The normalized spacial score (nSPS) is 27.4. The fraction of sp³-hybridized carbons (Fsp3) is 0.500. The Labute approximate surface area is 66.1 Å². The Kier molecular flexibility index (Phi) is 1.55. The Morgan fingerprint density at radius 2 is 1.64 bits per heavy atom. The molecule has 1 aliphatic heterocycles. The zero-order valence-electron chi connectivity index (χ0n) is 6.29. The van der Waals surface area contributed by atoms with Crippen LogP contribution in [0.1, 0.15) is 12.8 Å². The van der Waals surface area contributed by atoms with Gasteiger partial charge in [0, 0.05) is 12.3 Å². The van der Waals surface area contributed by atoms with Gasteiger partial charge in [0.15, 0.2) is 0 Å². The molecule has 1 aliphatic carbocycles. The van der Waals surface area contributed by atoms with E-state index in [1.54, 1.807) is 0 Å². The Morgan fingerprint density at radius 3 is 2.09 bits per heavy atom. The van der Waals surface area contributed by atoms with Crippen LogP contribution in [0.15, 0.2) is 23.3 Å². The van der Waals surface area contributed by atoms with E-state index in [2.05, 4.69) is 12.2 Å². The molecule has 0 amide bonds. The van der Waals surface area contributed by atoms with Crippen LogP contribution in [0.25, 0.3) is 0 Å². The van der Waals surface area contributed by atoms with Gasteiger partial charge in [0.25, 0.3) is 0 Å². The highest BCUT2D eigenvalue weighted by molar-refractivity contribution is 7.58. The maximum absolute atomic E-state index is 11.3. The van der Waals surface area contributed by atoms with Crippen LogP contribution in [0.4, 0.5) is 0 Å². The highest BCUT2D eigenvalue weighted by Crippen LogP contribution is 2.52. The SMILES string of the molecule is O=P1(O)CC2=C(CC=CC2)C1. The summed E-state index contributed by atoms with van der Waals surface area (Å²) in [4.78, 5) is 9.31. The van der Waals surface area contributed by atoms with Gasteiger partial charge in [0.2, 0.25) is 7.37 Å². The van der Waals surface area contributed by atoms with Crippen molar-refractivity contribution >= 4 is 7.37 Å². The van der Waals surface area contributed by atoms with E-state index in [1.807, 2.05) is 0 Å². The summed E-state index contributed by atoms with van der Waals surface area (Å²) in [5, 5.41) is 0. The lowest BCUT2D eigenvalue weighted by Gasteiger charge is -2.05. The van der Waals surface area contributed by atoms with Crippen LogP contribution in [-0.4, -0.2) is 17.2 Å². The second-order valence-corrected chi connectivity index (χ2v) is 5.57. The molecule has 2 aliphatic rings. The average molecular weight is 170 g/mol. The first-order chi connectivity index (χ1) is 5.17. The molecule has 2 nitrogen and oxygen atoms in total. The van der Waals surface area contributed by atoms with Gasteiger partial charge in [0.1, 0.15) is 0 Å². The molecule has 0 unspecified atom stereocenters. The van der Waals surface area contributed by atoms with Crippen LogP contribution in [0.2, 0.25) is 0 Å². The van der Waals surface area contributed by atoms with Gasteiger partial charge in [-0.2, -0.15) is 0 Å². The summed E-state index contributed by atoms with van der Waals surface area (Å²) >= 11 is 0. The molecule has 3 heteroatoms. The molecule has 0 fully saturated rings. The smallest absolute Gasteiger partial charge is 0.208 e. The second kappa shape index (κ2) is 2.33. The highest BCUT2D eigenvalue weighted by Gasteiger charge is 2.31. The Morgan fingerprint density at radius 1 is 1.18 bits per heavy atom. The topological polar surface area (TPSA) is 37.3 Å². The summed E-state index contributed by atoms with van der Waals surface area (Å²) in [7, 11) is -2.76. The fourth-order valence-corrected chi connectivity index (χ4v) is 3.76. The van der Waals surface area contributed by atoms with E-state index in [0.717, 1.165) is 12.8 Å². The summed E-state index contributed by atoms with van der Waals surface area (Å²) in [6.45, 7) is 0. The average Bonchev–Trinajstić information content (AvgIpc) is 2.21. The molecule has 1 N–H and O–H groups in total. The maximum Gasteiger partial charge on any atom is 0.208 e. The second-order valence-electron chi connectivity index (χ2n) is 3.25. The van der Waals surface area contributed by atoms with E-state index >= 15 is 0 Å². The minimum Gasteiger partial charge on any atom is -0.344 e. The number of hydrogen-bond donors (Lipinski definition) is 1. The third-order valence-electron chi connectivity index (χ3n) is 2.27. The molecule has 0 bridgehead atoms. The molecule has 0 aromatic rings. The van der Waals surface area contributed by atoms with Crippen LogP contribution < -0.4 is 0 Å². The molecule has 11 heavy (non-hydrogen) atoms. The lowest BCUT2D eigenvalue weighted by Crippen LogP contribution is -1.90. The summed E-state index contributed by atoms with van der Waals surface area (Å²) in [5.41, 5.74) is 2.44. The van der Waals surface area contributed by atoms with Gasteiger partial charge in [-0.25, -0.2) is 0 Å². The lowest BCUT2D eigenvalue weighted by molar-refractivity contribution is 0.485. The first kappa shape index (κ1) is 7.33. The lowest BCUT2D eigenvalue weighted by atomic mass is 10.0. The third-order valence-corrected chi connectivity index (χ3v) is 4.02. The van der Waals surface area contributed by atoms with E-state index < -0.39 is 7.37 Å². The molecular formula is C8H11O2P. The van der Waals surface area contributed by atoms with Crippen molar-refractivity contribution in [3.05, 3.63) is 23.3 Å². The van der Waals surface area contributed by atoms with Crippen molar-refractivity contribution in [1.82, 2.24) is 0 Å². The van der Waals surface area contributed by atoms with Gasteiger partial charge in [0.05, 0.1) is 0 Å². The molecule has 0 radical (unpaired) electrons. The maximum atomic E-state index is 11.3. The van der Waals surface area contributed by atoms with Crippen molar-refractivity contribution in [2.75, 3.05) is 12.3 Å². The zero-order valence-corrected chi connectivity index (χ0v) is 7.18. The predicted octanol–water partition coefficient (Wildman–Crippen LogP) is 1.92. The van der Waals surface area contributed by atoms with Gasteiger partial charge >= 0.3 is 0 Å². The van der Waals surface area contributed by atoms with E-state index in [1.165, 1.54) is 11.1 Å². The highest BCUT2D eigenvalue weighted by atomic mass is 31.2. The van der Waals surface area contributed by atoms with Crippen molar-refractivity contribution in [2.24, 2.45) is 0 Å². The van der Waals surface area contributed by atoms with Crippen LogP contribution >= 0.6 is 7.37 Å². The first-order valence-corrected chi connectivity index (χ1v) is 5.86. The molecule has 2 rings (SSSR count). The number of allylic oxidation sites excluding steroid dienone is 4. The standard InChI is InChI=1S/C8H11O2P/c9-11(10)5-7-3-1-2-4-8(7)6-11/h1-2H,3-6H2,(H,9,10). The van der Waals surface area contributed by atoms with Gasteiger partial charge in [-0.05, 0) is 12.8 Å². The van der Waals surface area contributed by atoms with Crippen molar-refractivity contribution in [3.63, 3.8) is 0 Å². The largest absolute Gasteiger partial charge is 0.344 e. The summed E-state index contributed by atoms with van der Waals surface area (Å²) in [6.07, 6.45) is 6.88. The van der Waals surface area contributed by atoms with Crippen LogP contribution in [0.3, 0.4) is 0 Å². The Hall–Kier alpha value is -0.330. The van der Waals surface area contributed by atoms with Crippen molar-refractivity contribution in [2.45, 2.75) is 12.8 Å². The van der Waals surface area contributed by atoms with Gasteiger partial charge < -0.3 is 4.89 Å². The predicted molar refractivity (Wildman–Crippen MR) is 45.0 cm³/mol.